The van der Waals surface area contributed by atoms with E-state index in [1.54, 1.807) is 6.92 Å². The molecule has 0 aliphatic rings. The van der Waals surface area contributed by atoms with Crippen LogP contribution in [0.4, 0.5) is 0 Å². The molecule has 0 aromatic carbocycles. The van der Waals surface area contributed by atoms with Crippen LogP contribution in [0.15, 0.2) is 0 Å². The fourth-order valence-corrected chi connectivity index (χ4v) is 1.94. The third-order valence-corrected chi connectivity index (χ3v) is 3.16. The van der Waals surface area contributed by atoms with Gasteiger partial charge in [-0.05, 0) is 19.8 Å². The Morgan fingerprint density at radius 1 is 1.06 bits per heavy atom. The van der Waals surface area contributed by atoms with E-state index in [1.807, 2.05) is 0 Å². The molecule has 0 aromatic heterocycles. The van der Waals surface area contributed by atoms with E-state index in [0.29, 0.717) is 12.8 Å². The second-order valence-electron chi connectivity index (χ2n) is 4.63. The van der Waals surface area contributed by atoms with E-state index in [1.165, 1.54) is 32.8 Å². The van der Waals surface area contributed by atoms with Gasteiger partial charge in [-0.1, -0.05) is 39.0 Å². The molecule has 3 nitrogen and oxygen atoms in total. The molecular weight excluding hydrogens is 216 g/mol. The van der Waals surface area contributed by atoms with Crippen molar-refractivity contribution in [3.8, 4) is 0 Å². The molecule has 100 valence electrons. The smallest absolute Gasteiger partial charge is 0.305 e. The molecule has 1 unspecified atom stereocenters. The highest BCUT2D eigenvalue weighted by molar-refractivity contribution is 5.79. The number of ether oxygens (including phenoxy) is 1. The van der Waals surface area contributed by atoms with Crippen LogP contribution in [-0.2, 0) is 14.3 Å². The maximum atomic E-state index is 11.4. The second-order valence-corrected chi connectivity index (χ2v) is 4.63. The van der Waals surface area contributed by atoms with E-state index in [4.69, 9.17) is 0 Å². The summed E-state index contributed by atoms with van der Waals surface area (Å²) in [5.41, 5.74) is 0. The van der Waals surface area contributed by atoms with E-state index in [9.17, 15) is 9.59 Å². The largest absolute Gasteiger partial charge is 0.469 e. The van der Waals surface area contributed by atoms with Gasteiger partial charge < -0.3 is 4.74 Å². The molecule has 1 atom stereocenters. The van der Waals surface area contributed by atoms with Gasteiger partial charge in [0.05, 0.1) is 7.11 Å². The number of hydrogen-bond acceptors (Lipinski definition) is 3. The van der Waals surface area contributed by atoms with Crippen molar-refractivity contribution in [1.29, 1.82) is 0 Å². The number of esters is 1. The molecule has 0 bridgehead atoms. The Balaban J connectivity index is 3.75. The van der Waals surface area contributed by atoms with Crippen molar-refractivity contribution in [1.82, 2.24) is 0 Å². The van der Waals surface area contributed by atoms with Crippen molar-refractivity contribution >= 4 is 11.8 Å². The maximum Gasteiger partial charge on any atom is 0.305 e. The number of rotatable bonds is 10. The third-order valence-electron chi connectivity index (χ3n) is 3.16. The van der Waals surface area contributed by atoms with Crippen molar-refractivity contribution < 1.29 is 14.3 Å². The molecule has 0 radical (unpaired) electrons. The number of unbranched alkanes of at least 4 members (excludes halogenated alkanes) is 4. The monoisotopic (exact) mass is 242 g/mol. The van der Waals surface area contributed by atoms with Gasteiger partial charge in [0.1, 0.15) is 5.78 Å². The van der Waals surface area contributed by atoms with Crippen LogP contribution in [0, 0.1) is 5.92 Å². The average molecular weight is 242 g/mol. The molecule has 0 fully saturated rings. The van der Waals surface area contributed by atoms with Crippen LogP contribution < -0.4 is 0 Å². The molecule has 0 aromatic rings. The number of ketones is 1. The Bertz CT molecular complexity index is 224. The van der Waals surface area contributed by atoms with E-state index in [2.05, 4.69) is 11.7 Å². The van der Waals surface area contributed by atoms with Crippen molar-refractivity contribution in [3.05, 3.63) is 0 Å². The summed E-state index contributed by atoms with van der Waals surface area (Å²) < 4.78 is 4.59. The standard InChI is InChI=1S/C14H26O3/c1-4-5-6-7-8-9-13(12(2)15)10-11-14(16)17-3/h13H,4-11H2,1-3H3. The van der Waals surface area contributed by atoms with Gasteiger partial charge in [-0.3, -0.25) is 9.59 Å². The van der Waals surface area contributed by atoms with Gasteiger partial charge in [-0.15, -0.1) is 0 Å². The molecular formula is C14H26O3. The lowest BCUT2D eigenvalue weighted by Crippen LogP contribution is -2.13. The minimum Gasteiger partial charge on any atom is -0.469 e. The number of methoxy groups -OCH3 is 1. The van der Waals surface area contributed by atoms with Crippen LogP contribution >= 0.6 is 0 Å². The zero-order valence-corrected chi connectivity index (χ0v) is 11.5. The Morgan fingerprint density at radius 2 is 1.71 bits per heavy atom. The Hall–Kier alpha value is -0.860. The van der Waals surface area contributed by atoms with Gasteiger partial charge in [-0.25, -0.2) is 0 Å². The van der Waals surface area contributed by atoms with Gasteiger partial charge >= 0.3 is 5.97 Å². The average Bonchev–Trinajstić information content (AvgIpc) is 2.31. The van der Waals surface area contributed by atoms with E-state index in [-0.39, 0.29) is 17.7 Å². The molecule has 0 spiro atoms. The van der Waals surface area contributed by atoms with Gasteiger partial charge in [0.25, 0.3) is 0 Å². The highest BCUT2D eigenvalue weighted by Crippen LogP contribution is 2.17. The second kappa shape index (κ2) is 10.3. The van der Waals surface area contributed by atoms with E-state index < -0.39 is 0 Å². The van der Waals surface area contributed by atoms with Crippen LogP contribution in [0.2, 0.25) is 0 Å². The zero-order valence-electron chi connectivity index (χ0n) is 11.5. The summed E-state index contributed by atoms with van der Waals surface area (Å²) in [6.07, 6.45) is 7.94. The van der Waals surface area contributed by atoms with Crippen LogP contribution in [0.1, 0.15) is 65.2 Å². The van der Waals surface area contributed by atoms with Crippen LogP contribution in [0.5, 0.6) is 0 Å². The van der Waals surface area contributed by atoms with Gasteiger partial charge in [0, 0.05) is 12.3 Å². The summed E-state index contributed by atoms with van der Waals surface area (Å²) in [5.74, 6) is 0.0161. The number of carbonyl (C=O) groups excluding carboxylic acids is 2. The third kappa shape index (κ3) is 8.90. The molecule has 0 aliphatic carbocycles. The Labute approximate surface area is 105 Å². The summed E-state index contributed by atoms with van der Waals surface area (Å²) in [6.45, 7) is 3.81. The minimum absolute atomic E-state index is 0.0377. The van der Waals surface area contributed by atoms with Crippen molar-refractivity contribution in [2.24, 2.45) is 5.92 Å². The molecule has 0 saturated heterocycles. The predicted octanol–water partition coefficient (Wildman–Crippen LogP) is 3.51. The highest BCUT2D eigenvalue weighted by Gasteiger charge is 2.15. The minimum atomic E-state index is -0.220. The summed E-state index contributed by atoms with van der Waals surface area (Å²) in [5, 5.41) is 0. The van der Waals surface area contributed by atoms with Crippen molar-refractivity contribution in [2.75, 3.05) is 7.11 Å². The van der Waals surface area contributed by atoms with Crippen LogP contribution in [-0.4, -0.2) is 18.9 Å². The van der Waals surface area contributed by atoms with Gasteiger partial charge in [-0.2, -0.15) is 0 Å². The Morgan fingerprint density at radius 3 is 2.24 bits per heavy atom. The number of carbonyl (C=O) groups is 2. The number of hydrogen-bond donors (Lipinski definition) is 0. The molecule has 0 aliphatic heterocycles. The normalized spacial score (nSPS) is 12.2. The molecule has 0 rings (SSSR count). The van der Waals surface area contributed by atoms with Crippen molar-refractivity contribution in [3.63, 3.8) is 0 Å². The Kier molecular flexibility index (Phi) is 9.78. The lowest BCUT2D eigenvalue weighted by atomic mass is 9.92. The molecule has 0 saturated carbocycles. The molecule has 17 heavy (non-hydrogen) atoms. The summed E-state index contributed by atoms with van der Waals surface area (Å²) in [6, 6.07) is 0. The molecule has 3 heteroatoms. The SMILES string of the molecule is CCCCCCCC(CCC(=O)OC)C(C)=O. The highest BCUT2D eigenvalue weighted by atomic mass is 16.5. The van der Waals surface area contributed by atoms with Crippen LogP contribution in [0.25, 0.3) is 0 Å². The first-order valence-corrected chi connectivity index (χ1v) is 6.69. The number of Topliss-reactive ketones (excluding diaryl/α,β-unsaturated/α-hetero) is 1. The van der Waals surface area contributed by atoms with Crippen LogP contribution in [0.3, 0.4) is 0 Å². The maximum absolute atomic E-state index is 11.4. The van der Waals surface area contributed by atoms with E-state index in [0.717, 1.165) is 12.8 Å². The quantitative estimate of drug-likeness (QED) is 0.435. The summed E-state index contributed by atoms with van der Waals surface area (Å²) in [4.78, 5) is 22.4. The first-order chi connectivity index (χ1) is 8.11. The van der Waals surface area contributed by atoms with E-state index >= 15 is 0 Å². The predicted molar refractivity (Wildman–Crippen MR) is 68.8 cm³/mol. The lowest BCUT2D eigenvalue weighted by molar-refractivity contribution is -0.141. The first kappa shape index (κ1) is 16.1. The topological polar surface area (TPSA) is 43.4 Å². The molecule has 0 amide bonds. The molecule has 0 N–H and O–H groups in total. The fraction of sp³-hybridized carbons (Fsp3) is 0.857. The lowest BCUT2D eigenvalue weighted by Gasteiger charge is -2.12. The summed E-state index contributed by atoms with van der Waals surface area (Å²) in [7, 11) is 1.38. The fourth-order valence-electron chi connectivity index (χ4n) is 1.94. The van der Waals surface area contributed by atoms with Crippen molar-refractivity contribution in [2.45, 2.75) is 65.2 Å². The van der Waals surface area contributed by atoms with Gasteiger partial charge in [0.2, 0.25) is 0 Å². The summed E-state index contributed by atoms with van der Waals surface area (Å²) >= 11 is 0. The zero-order chi connectivity index (χ0) is 13.1. The van der Waals surface area contributed by atoms with Gasteiger partial charge in [0.15, 0.2) is 0 Å². The first-order valence-electron chi connectivity index (χ1n) is 6.69. The molecule has 0 heterocycles.